The van der Waals surface area contributed by atoms with Crippen LogP contribution in [-0.2, 0) is 15.9 Å². The predicted molar refractivity (Wildman–Crippen MR) is 127 cm³/mol. The molecule has 2 aliphatic rings. The van der Waals surface area contributed by atoms with Crippen molar-refractivity contribution in [2.24, 2.45) is 0 Å². The number of likely N-dealkylation sites (N-methyl/N-ethyl adjacent to an activating group) is 1. The molecule has 0 saturated carbocycles. The summed E-state index contributed by atoms with van der Waals surface area (Å²) in [6.45, 7) is 2.64. The first-order valence-electron chi connectivity index (χ1n) is 10.6. The standard InChI is InChI=1S/C22H28ClN3O4S2/c1-25-7-6-17-15(16(11-25)30-3)9-19(31-17)22(28)26-10-13(8-14(26)12-29-2)24-21(27)18-4-5-20(23)32-18/h4-5,9,13-14,16H,6-8,10-12H2,1-3H3,(H,24,27)/t13-,14+,16+/m1/s1. The predicted octanol–water partition coefficient (Wildman–Crippen LogP) is 3.30. The Morgan fingerprint density at radius 1 is 1.22 bits per heavy atom. The number of fused-ring (bicyclic) bond motifs is 1. The Morgan fingerprint density at radius 3 is 2.72 bits per heavy atom. The molecule has 10 heteroatoms. The van der Waals surface area contributed by atoms with Gasteiger partial charge in [-0.25, -0.2) is 0 Å². The molecule has 2 aliphatic heterocycles. The molecule has 3 atom stereocenters. The topological polar surface area (TPSA) is 71.1 Å². The van der Waals surface area contributed by atoms with Gasteiger partial charge in [0.1, 0.15) is 0 Å². The highest BCUT2D eigenvalue weighted by atomic mass is 35.5. The van der Waals surface area contributed by atoms with E-state index in [-0.39, 0.29) is 30.0 Å². The Labute approximate surface area is 201 Å². The average molecular weight is 498 g/mol. The van der Waals surface area contributed by atoms with E-state index in [1.54, 1.807) is 37.7 Å². The van der Waals surface area contributed by atoms with Gasteiger partial charge in [0.2, 0.25) is 0 Å². The van der Waals surface area contributed by atoms with Crippen molar-refractivity contribution in [3.05, 3.63) is 42.7 Å². The molecular formula is C22H28ClN3O4S2. The Hall–Kier alpha value is -1.49. The van der Waals surface area contributed by atoms with Crippen LogP contribution in [-0.4, -0.2) is 81.2 Å². The van der Waals surface area contributed by atoms with Crippen LogP contribution >= 0.6 is 34.3 Å². The molecule has 1 saturated heterocycles. The monoisotopic (exact) mass is 497 g/mol. The maximum atomic E-state index is 13.5. The number of nitrogens with zero attached hydrogens (tertiary/aromatic N) is 2. The lowest BCUT2D eigenvalue weighted by Crippen LogP contribution is -2.40. The molecule has 1 N–H and O–H groups in total. The summed E-state index contributed by atoms with van der Waals surface area (Å²) in [4.78, 5) is 32.7. The van der Waals surface area contributed by atoms with E-state index < -0.39 is 0 Å². The lowest BCUT2D eigenvalue weighted by atomic mass is 10.1. The number of thiophene rings is 2. The maximum Gasteiger partial charge on any atom is 0.264 e. The van der Waals surface area contributed by atoms with E-state index in [1.165, 1.54) is 16.2 Å². The molecule has 0 radical (unpaired) electrons. The van der Waals surface area contributed by atoms with E-state index in [9.17, 15) is 9.59 Å². The number of nitrogens with one attached hydrogen (secondary N) is 1. The Kier molecular flexibility index (Phi) is 7.54. The van der Waals surface area contributed by atoms with Crippen molar-refractivity contribution in [2.45, 2.75) is 31.0 Å². The highest BCUT2D eigenvalue weighted by Crippen LogP contribution is 2.34. The summed E-state index contributed by atoms with van der Waals surface area (Å²) < 4.78 is 11.7. The number of hydrogen-bond acceptors (Lipinski definition) is 7. The second kappa shape index (κ2) is 10.2. The minimum atomic E-state index is -0.160. The van der Waals surface area contributed by atoms with Gasteiger partial charge in [0.25, 0.3) is 11.8 Å². The zero-order valence-electron chi connectivity index (χ0n) is 18.4. The van der Waals surface area contributed by atoms with Crippen molar-refractivity contribution in [1.82, 2.24) is 15.1 Å². The molecule has 1 fully saturated rings. The first-order chi connectivity index (χ1) is 15.4. The first-order valence-corrected chi connectivity index (χ1v) is 12.6. The van der Waals surface area contributed by atoms with Gasteiger partial charge in [0.05, 0.1) is 32.8 Å². The number of carbonyl (C=O) groups excluding carboxylic acids is 2. The molecule has 0 aliphatic carbocycles. The number of carbonyl (C=O) groups is 2. The number of halogens is 1. The normalized spacial score (nSPS) is 23.8. The molecule has 0 aromatic carbocycles. The third-order valence-corrected chi connectivity index (χ3v) is 8.48. The average Bonchev–Trinajstić information content (AvgIpc) is 3.47. The number of rotatable bonds is 6. The Balaban J connectivity index is 1.49. The first kappa shape index (κ1) is 23.7. The van der Waals surface area contributed by atoms with E-state index >= 15 is 0 Å². The van der Waals surface area contributed by atoms with E-state index in [2.05, 4.69) is 17.3 Å². The molecule has 4 rings (SSSR count). The molecule has 32 heavy (non-hydrogen) atoms. The lowest BCUT2D eigenvalue weighted by Gasteiger charge is -2.23. The smallest absolute Gasteiger partial charge is 0.264 e. The van der Waals surface area contributed by atoms with Gasteiger partial charge in [-0.2, -0.15) is 0 Å². The number of methoxy groups -OCH3 is 2. The highest BCUT2D eigenvalue weighted by Gasteiger charge is 2.38. The van der Waals surface area contributed by atoms with Crippen molar-refractivity contribution in [3.8, 4) is 0 Å². The second-order valence-corrected chi connectivity index (χ2v) is 11.2. The number of hydrogen-bond donors (Lipinski definition) is 1. The third-order valence-electron chi connectivity index (χ3n) is 6.05. The lowest BCUT2D eigenvalue weighted by molar-refractivity contribution is 0.0631. The van der Waals surface area contributed by atoms with Crippen LogP contribution in [0.2, 0.25) is 4.34 Å². The van der Waals surface area contributed by atoms with Gasteiger partial charge in [-0.05, 0) is 43.7 Å². The summed E-state index contributed by atoms with van der Waals surface area (Å²) in [6, 6.07) is 5.21. The summed E-state index contributed by atoms with van der Waals surface area (Å²) in [5.41, 5.74) is 1.12. The second-order valence-electron chi connectivity index (χ2n) is 8.30. The summed E-state index contributed by atoms with van der Waals surface area (Å²) in [7, 11) is 5.44. The van der Waals surface area contributed by atoms with Crippen LogP contribution in [0.25, 0.3) is 0 Å². The van der Waals surface area contributed by atoms with Crippen molar-refractivity contribution in [3.63, 3.8) is 0 Å². The fourth-order valence-electron chi connectivity index (χ4n) is 4.44. The van der Waals surface area contributed by atoms with E-state index in [0.717, 1.165) is 30.0 Å². The van der Waals surface area contributed by atoms with Crippen molar-refractivity contribution in [2.75, 3.05) is 47.5 Å². The Morgan fingerprint density at radius 2 is 2.03 bits per heavy atom. The minimum absolute atomic E-state index is 0.00996. The molecule has 174 valence electrons. The Bertz CT molecular complexity index is 978. The van der Waals surface area contributed by atoms with E-state index in [1.807, 2.05) is 11.0 Å². The summed E-state index contributed by atoms with van der Waals surface area (Å²) in [5.74, 6) is -0.170. The number of likely N-dealkylation sites (tertiary alicyclic amines) is 1. The van der Waals surface area contributed by atoms with Gasteiger partial charge in [-0.3, -0.25) is 9.59 Å². The largest absolute Gasteiger partial charge is 0.383 e. The molecule has 7 nitrogen and oxygen atoms in total. The fourth-order valence-corrected chi connectivity index (χ4v) is 6.54. The van der Waals surface area contributed by atoms with Crippen molar-refractivity contribution in [1.29, 1.82) is 0 Å². The quantitative estimate of drug-likeness (QED) is 0.663. The maximum absolute atomic E-state index is 13.5. The van der Waals surface area contributed by atoms with Gasteiger partial charge >= 0.3 is 0 Å². The van der Waals surface area contributed by atoms with Crippen molar-refractivity contribution < 1.29 is 19.1 Å². The van der Waals surface area contributed by atoms with Crippen LogP contribution in [0.1, 0.15) is 42.3 Å². The van der Waals surface area contributed by atoms with Gasteiger partial charge < -0.3 is 24.6 Å². The molecule has 0 unspecified atom stereocenters. The summed E-state index contributed by atoms with van der Waals surface area (Å²) >= 11 is 8.77. The molecular weight excluding hydrogens is 470 g/mol. The van der Waals surface area contributed by atoms with E-state index in [0.29, 0.717) is 28.8 Å². The number of amides is 2. The van der Waals surface area contributed by atoms with Gasteiger partial charge in [-0.15, -0.1) is 22.7 Å². The molecule has 2 aromatic heterocycles. The SMILES string of the molecule is COC[C@@H]1C[C@@H](NC(=O)c2ccc(Cl)s2)CN1C(=O)c1cc2c(s1)CCN(C)C[C@@H]2OC. The molecule has 2 amide bonds. The van der Waals surface area contributed by atoms with Gasteiger partial charge in [0.15, 0.2) is 0 Å². The minimum Gasteiger partial charge on any atom is -0.383 e. The molecule has 0 spiro atoms. The zero-order chi connectivity index (χ0) is 22.8. The van der Waals surface area contributed by atoms with Gasteiger partial charge in [0, 0.05) is 44.8 Å². The molecule has 4 heterocycles. The summed E-state index contributed by atoms with van der Waals surface area (Å²) in [5, 5.41) is 3.05. The van der Waals surface area contributed by atoms with Crippen LogP contribution in [0.5, 0.6) is 0 Å². The molecule has 0 bridgehead atoms. The van der Waals surface area contributed by atoms with Crippen LogP contribution < -0.4 is 5.32 Å². The van der Waals surface area contributed by atoms with Crippen LogP contribution in [0.15, 0.2) is 18.2 Å². The van der Waals surface area contributed by atoms with Crippen molar-refractivity contribution >= 4 is 46.1 Å². The fraction of sp³-hybridized carbons (Fsp3) is 0.545. The van der Waals surface area contributed by atoms with Crippen LogP contribution in [0.4, 0.5) is 0 Å². The third kappa shape index (κ3) is 5.03. The van der Waals surface area contributed by atoms with Gasteiger partial charge in [-0.1, -0.05) is 11.6 Å². The number of ether oxygens (including phenoxy) is 2. The summed E-state index contributed by atoms with van der Waals surface area (Å²) in [6.07, 6.45) is 1.53. The zero-order valence-corrected chi connectivity index (χ0v) is 20.8. The van der Waals surface area contributed by atoms with E-state index in [4.69, 9.17) is 21.1 Å². The highest BCUT2D eigenvalue weighted by molar-refractivity contribution is 7.18. The van der Waals surface area contributed by atoms with Crippen LogP contribution in [0, 0.1) is 0 Å². The molecule has 2 aromatic rings. The van der Waals surface area contributed by atoms with Crippen LogP contribution in [0.3, 0.4) is 0 Å².